The number of piperidine rings is 1. The Bertz CT molecular complexity index is 463. The number of hydrogen-bond donors (Lipinski definition) is 2. The first-order chi connectivity index (χ1) is 9.38. The number of alkyl halides is 4. The van der Waals surface area contributed by atoms with Crippen molar-refractivity contribution in [3.63, 3.8) is 0 Å². The zero-order valence-electron chi connectivity index (χ0n) is 10.5. The fourth-order valence-electron chi connectivity index (χ4n) is 2.22. The molecule has 7 heteroatoms. The van der Waals surface area contributed by atoms with E-state index in [2.05, 4.69) is 5.32 Å². The maximum Gasteiger partial charge on any atom is 0.471 e. The molecule has 0 radical (unpaired) electrons. The zero-order valence-corrected chi connectivity index (χ0v) is 10.5. The van der Waals surface area contributed by atoms with Crippen molar-refractivity contribution in [3.05, 3.63) is 35.9 Å². The van der Waals surface area contributed by atoms with Gasteiger partial charge in [-0.1, -0.05) is 30.3 Å². The standard InChI is InChI=1S/C13H14F4N2O/c14-9-7-18-10(8-4-2-1-3-5-8)6-11(9)19-12(20)13(15,16)17/h1-5,9-11,18H,6-7H2,(H,19,20)/t9-,10-,11-/m0/s1. The third-order valence-electron chi connectivity index (χ3n) is 3.26. The molecule has 0 bridgehead atoms. The van der Waals surface area contributed by atoms with Crippen molar-refractivity contribution in [2.75, 3.05) is 6.54 Å². The number of hydrogen-bond acceptors (Lipinski definition) is 2. The minimum atomic E-state index is -4.99. The van der Waals surface area contributed by atoms with Crippen LogP contribution in [0.3, 0.4) is 0 Å². The van der Waals surface area contributed by atoms with Crippen LogP contribution in [0.5, 0.6) is 0 Å². The number of amides is 1. The fourth-order valence-corrected chi connectivity index (χ4v) is 2.22. The summed E-state index contributed by atoms with van der Waals surface area (Å²) in [5.74, 6) is -2.10. The SMILES string of the molecule is O=C(N[C@H]1C[C@@H](c2ccccc2)NC[C@@H]1F)C(F)(F)F. The van der Waals surface area contributed by atoms with E-state index in [1.165, 1.54) is 0 Å². The highest BCUT2D eigenvalue weighted by atomic mass is 19.4. The van der Waals surface area contributed by atoms with E-state index >= 15 is 0 Å². The minimum absolute atomic E-state index is 0.0764. The molecular formula is C13H14F4N2O. The first-order valence-corrected chi connectivity index (χ1v) is 6.18. The van der Waals surface area contributed by atoms with Crippen LogP contribution in [0, 0.1) is 0 Å². The summed E-state index contributed by atoms with van der Waals surface area (Å²) in [6.45, 7) is -0.0949. The quantitative estimate of drug-likeness (QED) is 0.819. The number of halogens is 4. The topological polar surface area (TPSA) is 41.1 Å². The molecule has 3 atom stereocenters. The van der Waals surface area contributed by atoms with Gasteiger partial charge in [-0.05, 0) is 12.0 Å². The highest BCUT2D eigenvalue weighted by molar-refractivity contribution is 5.82. The molecule has 110 valence electrons. The summed E-state index contributed by atoms with van der Waals surface area (Å²) < 4.78 is 50.2. The third-order valence-corrected chi connectivity index (χ3v) is 3.26. The second kappa shape index (κ2) is 5.78. The smallest absolute Gasteiger partial charge is 0.342 e. The van der Waals surface area contributed by atoms with Crippen molar-refractivity contribution in [2.45, 2.75) is 30.9 Å². The van der Waals surface area contributed by atoms with Crippen LogP contribution in [0.4, 0.5) is 17.6 Å². The maximum atomic E-state index is 13.6. The average molecular weight is 290 g/mol. The van der Waals surface area contributed by atoms with Gasteiger partial charge < -0.3 is 10.6 Å². The van der Waals surface area contributed by atoms with E-state index in [1.807, 2.05) is 6.07 Å². The van der Waals surface area contributed by atoms with Crippen molar-refractivity contribution < 1.29 is 22.4 Å². The molecule has 0 aliphatic carbocycles. The maximum absolute atomic E-state index is 13.6. The Morgan fingerprint density at radius 2 is 1.90 bits per heavy atom. The fraction of sp³-hybridized carbons (Fsp3) is 0.462. The number of nitrogens with one attached hydrogen (secondary N) is 2. The molecule has 1 aliphatic rings. The summed E-state index contributed by atoms with van der Waals surface area (Å²) in [6.07, 6.45) is -6.46. The van der Waals surface area contributed by atoms with Gasteiger partial charge >= 0.3 is 12.1 Å². The highest BCUT2D eigenvalue weighted by Crippen LogP contribution is 2.25. The lowest BCUT2D eigenvalue weighted by molar-refractivity contribution is -0.175. The van der Waals surface area contributed by atoms with E-state index in [9.17, 15) is 22.4 Å². The molecule has 0 aromatic heterocycles. The summed E-state index contributed by atoms with van der Waals surface area (Å²) in [5.41, 5.74) is 0.852. The molecule has 3 nitrogen and oxygen atoms in total. The van der Waals surface area contributed by atoms with Gasteiger partial charge in [0.2, 0.25) is 0 Å². The molecule has 1 amide bonds. The van der Waals surface area contributed by atoms with E-state index in [1.54, 1.807) is 29.6 Å². The number of carbonyl (C=O) groups is 1. The summed E-state index contributed by atoms with van der Waals surface area (Å²) in [5, 5.41) is 4.65. The number of carbonyl (C=O) groups excluding carboxylic acids is 1. The van der Waals surface area contributed by atoms with Crippen LogP contribution >= 0.6 is 0 Å². The van der Waals surface area contributed by atoms with Crippen molar-refractivity contribution >= 4 is 5.91 Å². The Morgan fingerprint density at radius 1 is 1.25 bits per heavy atom. The molecule has 2 N–H and O–H groups in total. The van der Waals surface area contributed by atoms with E-state index in [0.717, 1.165) is 5.56 Å². The Balaban J connectivity index is 2.04. The lowest BCUT2D eigenvalue weighted by atomic mass is 9.92. The molecule has 1 saturated heterocycles. The molecule has 0 saturated carbocycles. The van der Waals surface area contributed by atoms with Crippen molar-refractivity contribution in [1.82, 2.24) is 10.6 Å². The van der Waals surface area contributed by atoms with E-state index < -0.39 is 24.3 Å². The normalized spacial score (nSPS) is 27.1. The average Bonchev–Trinajstić information content (AvgIpc) is 2.41. The molecule has 2 rings (SSSR count). The number of rotatable bonds is 2. The summed E-state index contributed by atoms with van der Waals surface area (Å²) in [4.78, 5) is 10.9. The molecule has 1 heterocycles. The summed E-state index contributed by atoms with van der Waals surface area (Å²) >= 11 is 0. The predicted molar refractivity (Wildman–Crippen MR) is 64.7 cm³/mol. The van der Waals surface area contributed by atoms with Crippen LogP contribution < -0.4 is 10.6 Å². The summed E-state index contributed by atoms with van der Waals surface area (Å²) in [7, 11) is 0. The van der Waals surface area contributed by atoms with Gasteiger partial charge in [0.1, 0.15) is 6.17 Å². The van der Waals surface area contributed by atoms with E-state index in [-0.39, 0.29) is 19.0 Å². The van der Waals surface area contributed by atoms with Gasteiger partial charge in [-0.3, -0.25) is 4.79 Å². The van der Waals surface area contributed by atoms with E-state index in [0.29, 0.717) is 0 Å². The first-order valence-electron chi connectivity index (χ1n) is 6.18. The Morgan fingerprint density at radius 3 is 2.50 bits per heavy atom. The van der Waals surface area contributed by atoms with Gasteiger partial charge in [-0.2, -0.15) is 13.2 Å². The Kier molecular flexibility index (Phi) is 4.27. The van der Waals surface area contributed by atoms with E-state index in [4.69, 9.17) is 0 Å². The molecule has 20 heavy (non-hydrogen) atoms. The van der Waals surface area contributed by atoms with Gasteiger partial charge in [0.05, 0.1) is 6.04 Å². The van der Waals surface area contributed by atoms with Crippen molar-refractivity contribution in [2.24, 2.45) is 0 Å². The Labute approximate surface area is 113 Å². The minimum Gasteiger partial charge on any atom is -0.342 e. The molecular weight excluding hydrogens is 276 g/mol. The molecule has 0 spiro atoms. The second-order valence-corrected chi connectivity index (χ2v) is 4.70. The first kappa shape index (κ1) is 14.8. The largest absolute Gasteiger partial charge is 0.471 e. The van der Waals surface area contributed by atoms with Crippen molar-refractivity contribution in [1.29, 1.82) is 0 Å². The van der Waals surface area contributed by atoms with Crippen LogP contribution in [0.15, 0.2) is 30.3 Å². The van der Waals surface area contributed by atoms with Gasteiger partial charge in [0.15, 0.2) is 0 Å². The molecule has 1 fully saturated rings. The van der Waals surface area contributed by atoms with Gasteiger partial charge in [0, 0.05) is 12.6 Å². The second-order valence-electron chi connectivity index (χ2n) is 4.70. The highest BCUT2D eigenvalue weighted by Gasteiger charge is 2.42. The molecule has 1 aromatic carbocycles. The molecule has 0 unspecified atom stereocenters. The molecule has 1 aliphatic heterocycles. The van der Waals surface area contributed by atoms with Crippen LogP contribution in [0.25, 0.3) is 0 Å². The zero-order chi connectivity index (χ0) is 14.8. The van der Waals surface area contributed by atoms with Crippen molar-refractivity contribution in [3.8, 4) is 0 Å². The summed E-state index contributed by atoms with van der Waals surface area (Å²) in [6, 6.07) is 7.59. The molecule has 1 aromatic rings. The lowest BCUT2D eigenvalue weighted by Gasteiger charge is -2.34. The van der Waals surface area contributed by atoms with Crippen LogP contribution in [0.1, 0.15) is 18.0 Å². The Hall–Kier alpha value is -1.63. The predicted octanol–water partition coefficient (Wildman–Crippen LogP) is 2.11. The third kappa shape index (κ3) is 3.47. The van der Waals surface area contributed by atoms with Gasteiger partial charge in [-0.25, -0.2) is 4.39 Å². The van der Waals surface area contributed by atoms with Gasteiger partial charge in [-0.15, -0.1) is 0 Å². The van der Waals surface area contributed by atoms with Crippen LogP contribution in [-0.4, -0.2) is 30.8 Å². The van der Waals surface area contributed by atoms with Crippen LogP contribution in [-0.2, 0) is 4.79 Å². The lowest BCUT2D eigenvalue weighted by Crippen LogP contribution is -2.54. The monoisotopic (exact) mass is 290 g/mol. The number of benzene rings is 1. The van der Waals surface area contributed by atoms with Crippen LogP contribution in [0.2, 0.25) is 0 Å². The van der Waals surface area contributed by atoms with Gasteiger partial charge in [0.25, 0.3) is 0 Å².